The van der Waals surface area contributed by atoms with Crippen LogP contribution in [0, 0.1) is 27.7 Å². The molecular formula is C106H141N25O13S. The van der Waals surface area contributed by atoms with Crippen LogP contribution in [0.4, 0.5) is 50.6 Å². The highest BCUT2D eigenvalue weighted by molar-refractivity contribution is 7.15. The van der Waals surface area contributed by atoms with E-state index in [-0.39, 0.29) is 106 Å². The van der Waals surface area contributed by atoms with Gasteiger partial charge in [0.05, 0.1) is 60.2 Å². The molecule has 0 aliphatic carbocycles. The van der Waals surface area contributed by atoms with E-state index < -0.39 is 0 Å². The number of carbonyl (C=O) groups excluding carboxylic acids is 6. The van der Waals surface area contributed by atoms with Crippen molar-refractivity contribution in [3.8, 4) is 34.5 Å². The normalized spacial score (nSPS) is 18.9. The molecule has 18 rings (SSSR count). The van der Waals surface area contributed by atoms with Crippen molar-refractivity contribution in [1.29, 1.82) is 0 Å². The number of allylic oxidation sites excluding steroid dienone is 2. The van der Waals surface area contributed by atoms with Gasteiger partial charge in [-0.3, -0.25) is 48.1 Å². The number of amides is 6. The largest absolute Gasteiger partial charge is 0.508 e. The zero-order valence-corrected chi connectivity index (χ0v) is 84.8. The lowest BCUT2D eigenvalue weighted by molar-refractivity contribution is -0.119. The Balaban J connectivity index is 0.000000146. The topological polar surface area (TPSA) is 505 Å². The number of piperazine rings is 6. The predicted molar refractivity (Wildman–Crippen MR) is 571 cm³/mol. The SMILES string of the molecule is CC1=NCC(C)=C1N1CCN(c2cccc(O)c2)C(CCC(N)=O)C1.Cc1nc(C)c(N2CCN(c3cccc(O)c3)C(CCC(N)=O)C2)s1.Cc1noc(C)c1N1CCN(c2cccc(O)c2)C(CCC(N)=O)C1.Cn1nccc1N1CCN(c2cccc(O)c2)C(CCC(N)=O)C1.NC(=O)CCC1CN(C2=CCN=C2)CCN1c1cccc(O)c1.NC(=O)CCC1CN(n2cccc2)CCN1c1cccc(O)c1. The van der Waals surface area contributed by atoms with Gasteiger partial charge in [0.15, 0.2) is 5.76 Å². The first kappa shape index (κ1) is 107. The summed E-state index contributed by atoms with van der Waals surface area (Å²) in [6, 6.07) is 50.5. The molecule has 774 valence electrons. The number of aryl methyl sites for hydroxylation is 5. The number of aromatic nitrogens is 5. The van der Waals surface area contributed by atoms with Gasteiger partial charge < -0.3 is 128 Å². The lowest BCUT2D eigenvalue weighted by Crippen LogP contribution is -2.56. The Hall–Kier alpha value is -15.3. The average molecular weight is 2010 g/mol. The number of nitrogens with zero attached hydrogens (tertiary/aromatic N) is 19. The lowest BCUT2D eigenvalue weighted by atomic mass is 10.0. The molecule has 6 unspecified atom stereocenters. The van der Waals surface area contributed by atoms with Crippen LogP contribution in [-0.4, -0.2) is 280 Å². The average Bonchev–Trinajstić information content (AvgIpc) is 1.71. The van der Waals surface area contributed by atoms with Gasteiger partial charge in [-0.15, -0.1) is 11.3 Å². The highest BCUT2D eigenvalue weighted by Gasteiger charge is 2.38. The molecule has 4 aromatic heterocycles. The van der Waals surface area contributed by atoms with Crippen LogP contribution in [-0.2, 0) is 35.8 Å². The summed E-state index contributed by atoms with van der Waals surface area (Å²) in [7, 11) is 1.93. The number of phenolic OH excluding ortho intramolecular Hbond substituents is 6. The number of carbonyl (C=O) groups is 6. The summed E-state index contributed by atoms with van der Waals surface area (Å²) in [6.07, 6.45) is 16.1. The quantitative estimate of drug-likeness (QED) is 0.0199. The molecule has 6 saturated heterocycles. The van der Waals surface area contributed by atoms with Gasteiger partial charge in [-0.25, -0.2) is 4.98 Å². The molecule has 6 atom stereocenters. The van der Waals surface area contributed by atoms with Crippen molar-refractivity contribution in [2.24, 2.45) is 51.4 Å². The summed E-state index contributed by atoms with van der Waals surface area (Å²) in [5, 5.41) is 71.4. The van der Waals surface area contributed by atoms with Crippen LogP contribution >= 0.6 is 11.3 Å². The molecule has 0 radical (unpaired) electrons. The summed E-state index contributed by atoms with van der Waals surface area (Å²) >= 11 is 1.71. The number of aromatic hydroxyl groups is 6. The summed E-state index contributed by atoms with van der Waals surface area (Å²) in [5.74, 6) is 1.66. The Morgan fingerprint density at radius 1 is 0.400 bits per heavy atom. The Labute approximate surface area is 851 Å². The molecular weight excluding hydrogens is 1860 g/mol. The summed E-state index contributed by atoms with van der Waals surface area (Å²) in [4.78, 5) is 106. The van der Waals surface area contributed by atoms with Gasteiger partial charge in [0, 0.05) is 282 Å². The van der Waals surface area contributed by atoms with Gasteiger partial charge in [0.2, 0.25) is 35.4 Å². The summed E-state index contributed by atoms with van der Waals surface area (Å²) in [6.45, 7) is 28.5. The standard InChI is InChI=1S/C19H26N4O2.C18H24N4O3.C18H24N4O2S.C17H23N5O2.2C17H22N4O2/c1-13-11-21-14(2)19(13)22-8-9-23(15-4-3-5-17(24)10-15)16(12-22)6-7-18(20)25;1-12-18(13(2)25-20-12)21-8-9-22(14-4-3-5-16(23)10-14)15(11-21)6-7-17(19)24;1-12-18(25-13(2)20-12)21-8-9-22(14-4-3-5-16(23)10-14)15(11-21)6-7-17(19)24;1-20-17(7-8-19-20)21-9-10-22(13-3-2-4-15(23)11-13)14(12-21)5-6-16(18)24;18-17(23)7-6-15-13-20(19-8-1-2-9-19)10-11-21(15)14-4-3-5-16(22)12-14;18-17(23)5-4-15-12-20(14-6-7-19-11-14)8-9-21(15)13-2-1-3-16(22)10-13/h3-5,10,16,24H,6-9,11-12H2,1-2H3,(H2,20,25);2*3-5,10,15,23H,6-9,11H2,1-2H3,(H2,19,24);2-4,7-8,11,14,23H,5-6,9-10,12H2,1H3,(H2,18,24);1-5,8-9,12,15,22H,6-7,10-11,13H2,(H2,18,23);1-3,6,10-11,15,22H,4-5,7-9,12H2,(H2,18,23). The maximum atomic E-state index is 11.3. The number of hydrogen-bond donors (Lipinski definition) is 12. The van der Waals surface area contributed by atoms with E-state index >= 15 is 0 Å². The van der Waals surface area contributed by atoms with E-state index in [1.165, 1.54) is 16.3 Å². The van der Waals surface area contributed by atoms with Gasteiger partial charge in [-0.05, 0) is 177 Å². The minimum Gasteiger partial charge on any atom is -0.508 e. The van der Waals surface area contributed by atoms with Crippen LogP contribution in [0.2, 0.25) is 0 Å². The number of benzene rings is 6. The van der Waals surface area contributed by atoms with Crippen molar-refractivity contribution in [3.63, 3.8) is 0 Å². The smallest absolute Gasteiger partial charge is 0.217 e. The fourth-order valence-electron chi connectivity index (χ4n) is 20.4. The molecule has 39 heteroatoms. The van der Waals surface area contributed by atoms with Crippen LogP contribution in [0.15, 0.2) is 220 Å². The van der Waals surface area contributed by atoms with Gasteiger partial charge in [0.1, 0.15) is 56.7 Å². The Morgan fingerprint density at radius 2 is 0.745 bits per heavy atom. The van der Waals surface area contributed by atoms with E-state index in [4.69, 9.17) is 38.9 Å². The van der Waals surface area contributed by atoms with E-state index in [9.17, 15) is 59.4 Å². The molecule has 0 saturated carbocycles. The maximum Gasteiger partial charge on any atom is 0.217 e. The number of nitrogens with two attached hydrogens (primary N) is 6. The molecule has 6 aromatic carbocycles. The van der Waals surface area contributed by atoms with E-state index in [1.54, 1.807) is 90.3 Å². The van der Waals surface area contributed by atoms with Crippen molar-refractivity contribution in [2.75, 3.05) is 180 Å². The third-order valence-corrected chi connectivity index (χ3v) is 28.4. The first-order valence-corrected chi connectivity index (χ1v) is 50.4. The van der Waals surface area contributed by atoms with E-state index in [2.05, 4.69) is 109 Å². The molecule has 12 heterocycles. The monoisotopic (exact) mass is 2000 g/mol. The Kier molecular flexibility index (Phi) is 37.7. The second-order valence-electron chi connectivity index (χ2n) is 37.7. The third kappa shape index (κ3) is 29.9. The number of hydrogen-bond acceptors (Lipinski definition) is 31. The maximum absolute atomic E-state index is 11.3. The molecule has 18 N–H and O–H groups in total. The van der Waals surface area contributed by atoms with Crippen molar-refractivity contribution in [2.45, 2.75) is 155 Å². The van der Waals surface area contributed by atoms with E-state index in [1.807, 2.05) is 149 Å². The molecule has 8 aliphatic heterocycles. The summed E-state index contributed by atoms with van der Waals surface area (Å²) in [5.41, 5.74) is 45.7. The Bertz CT molecular complexity index is 6120. The molecule has 38 nitrogen and oxygen atoms in total. The van der Waals surface area contributed by atoms with Gasteiger partial charge in [0.25, 0.3) is 0 Å². The fraction of sp³-hybridized carbons (Fsp3) is 0.425. The van der Waals surface area contributed by atoms with Gasteiger partial charge >= 0.3 is 0 Å². The number of anilines is 9. The van der Waals surface area contributed by atoms with Crippen LogP contribution in [0.25, 0.3) is 0 Å². The van der Waals surface area contributed by atoms with Crippen LogP contribution in [0.3, 0.4) is 0 Å². The number of rotatable bonds is 30. The lowest BCUT2D eigenvalue weighted by Gasteiger charge is -2.44. The van der Waals surface area contributed by atoms with Crippen LogP contribution < -0.4 is 83.5 Å². The molecule has 0 bridgehead atoms. The minimum atomic E-state index is -0.301. The molecule has 10 aromatic rings. The van der Waals surface area contributed by atoms with E-state index in [0.29, 0.717) is 77.0 Å². The minimum absolute atomic E-state index is 0.108. The second-order valence-corrected chi connectivity index (χ2v) is 38.9. The molecule has 6 amide bonds. The van der Waals surface area contributed by atoms with Gasteiger partial charge in [-0.1, -0.05) is 41.6 Å². The number of primary amides is 6. The number of thiazole rings is 1. The van der Waals surface area contributed by atoms with E-state index in [0.717, 1.165) is 210 Å². The molecule has 0 spiro atoms. The van der Waals surface area contributed by atoms with Crippen molar-refractivity contribution in [3.05, 3.63) is 228 Å². The second kappa shape index (κ2) is 51.1. The fourth-order valence-corrected chi connectivity index (χ4v) is 21.4. The highest BCUT2D eigenvalue weighted by Crippen LogP contribution is 2.39. The summed E-state index contributed by atoms with van der Waals surface area (Å²) < 4.78 is 9.23. The third-order valence-electron chi connectivity index (χ3n) is 27.3. The number of phenols is 6. The van der Waals surface area contributed by atoms with Crippen molar-refractivity contribution >= 4 is 109 Å². The number of aliphatic imine (C=N–C) groups is 2. The van der Waals surface area contributed by atoms with Crippen LogP contribution in [0.1, 0.15) is 113 Å². The first-order chi connectivity index (χ1) is 69.6. The molecule has 8 aliphatic rings. The van der Waals surface area contributed by atoms with Crippen LogP contribution in [0.5, 0.6) is 34.5 Å². The molecule has 6 fully saturated rings. The first-order valence-electron chi connectivity index (χ1n) is 49.6. The van der Waals surface area contributed by atoms with Crippen molar-refractivity contribution in [1.82, 2.24) is 34.4 Å². The predicted octanol–water partition coefficient (Wildman–Crippen LogP) is 9.77. The highest BCUT2D eigenvalue weighted by atomic mass is 32.1. The Morgan fingerprint density at radius 3 is 1.08 bits per heavy atom. The molecule has 145 heavy (non-hydrogen) atoms. The van der Waals surface area contributed by atoms with Gasteiger partial charge in [-0.2, -0.15) is 5.10 Å². The zero-order valence-electron chi connectivity index (χ0n) is 84.0. The zero-order chi connectivity index (χ0) is 103. The van der Waals surface area contributed by atoms with Crippen molar-refractivity contribution < 1.29 is 63.9 Å².